The minimum atomic E-state index is -0.325. The lowest BCUT2D eigenvalue weighted by Gasteiger charge is -2.17. The Morgan fingerprint density at radius 2 is 2.00 bits per heavy atom. The molecule has 0 radical (unpaired) electrons. The minimum Gasteiger partial charge on any atom is -0.496 e. The Labute approximate surface area is 157 Å². The standard InChI is InChI=1S/C19H22N6O2/c1-24-12-14-16(23-24)21-17(22-18(14)25-9-5-6-10-25)19(26)20-11-13-7-3-4-8-15(13)27-2/h3-4,7-8,12H,5-6,9-11H2,1-2H3,(H,20,26). The van der Waals surface area contributed by atoms with Crippen LogP contribution in [0.5, 0.6) is 5.75 Å². The monoisotopic (exact) mass is 366 g/mol. The lowest BCUT2D eigenvalue weighted by molar-refractivity contribution is 0.0940. The highest BCUT2D eigenvalue weighted by atomic mass is 16.5. The van der Waals surface area contributed by atoms with E-state index in [-0.39, 0.29) is 11.7 Å². The van der Waals surface area contributed by atoms with Crippen molar-refractivity contribution in [3.8, 4) is 5.75 Å². The molecule has 0 aliphatic carbocycles. The number of hydrogen-bond acceptors (Lipinski definition) is 6. The predicted molar refractivity (Wildman–Crippen MR) is 102 cm³/mol. The zero-order valence-electron chi connectivity index (χ0n) is 15.5. The van der Waals surface area contributed by atoms with Gasteiger partial charge in [-0.25, -0.2) is 9.97 Å². The van der Waals surface area contributed by atoms with Gasteiger partial charge >= 0.3 is 0 Å². The van der Waals surface area contributed by atoms with Gasteiger partial charge in [-0.2, -0.15) is 5.10 Å². The van der Waals surface area contributed by atoms with Crippen molar-refractivity contribution in [3.05, 3.63) is 41.9 Å². The Hall–Kier alpha value is -3.16. The number of methoxy groups -OCH3 is 1. The van der Waals surface area contributed by atoms with E-state index in [9.17, 15) is 4.79 Å². The van der Waals surface area contributed by atoms with Crippen LogP contribution in [0, 0.1) is 0 Å². The molecule has 0 unspecified atom stereocenters. The van der Waals surface area contributed by atoms with Gasteiger partial charge in [0.1, 0.15) is 11.6 Å². The maximum Gasteiger partial charge on any atom is 0.289 e. The smallest absolute Gasteiger partial charge is 0.289 e. The number of para-hydroxylation sites is 1. The molecule has 8 heteroatoms. The fourth-order valence-electron chi connectivity index (χ4n) is 3.38. The molecule has 0 saturated carbocycles. The largest absolute Gasteiger partial charge is 0.496 e. The Morgan fingerprint density at radius 1 is 1.22 bits per heavy atom. The number of nitrogens with one attached hydrogen (secondary N) is 1. The maximum atomic E-state index is 12.7. The summed E-state index contributed by atoms with van der Waals surface area (Å²) < 4.78 is 7.03. The number of amides is 1. The zero-order chi connectivity index (χ0) is 18.8. The number of carbonyl (C=O) groups is 1. The molecule has 2 aromatic heterocycles. The second-order valence-electron chi connectivity index (χ2n) is 6.60. The first-order chi connectivity index (χ1) is 13.2. The molecule has 0 bridgehead atoms. The fourth-order valence-corrected chi connectivity index (χ4v) is 3.38. The van der Waals surface area contributed by atoms with Crippen molar-refractivity contribution in [1.82, 2.24) is 25.1 Å². The maximum absolute atomic E-state index is 12.7. The molecule has 0 atom stereocenters. The molecule has 1 fully saturated rings. The molecule has 4 rings (SSSR count). The van der Waals surface area contributed by atoms with E-state index in [1.807, 2.05) is 37.5 Å². The van der Waals surface area contributed by atoms with Gasteiger partial charge in [0, 0.05) is 38.4 Å². The van der Waals surface area contributed by atoms with E-state index in [0.717, 1.165) is 48.4 Å². The van der Waals surface area contributed by atoms with Crippen LogP contribution in [0.25, 0.3) is 11.0 Å². The summed E-state index contributed by atoms with van der Waals surface area (Å²) in [5, 5.41) is 8.13. The molecule has 27 heavy (non-hydrogen) atoms. The number of hydrogen-bond donors (Lipinski definition) is 1. The quantitative estimate of drug-likeness (QED) is 0.742. The first-order valence-corrected chi connectivity index (χ1v) is 9.02. The molecule has 8 nitrogen and oxygen atoms in total. The summed E-state index contributed by atoms with van der Waals surface area (Å²) in [6.07, 6.45) is 4.15. The lowest BCUT2D eigenvalue weighted by atomic mass is 10.2. The van der Waals surface area contributed by atoms with Crippen molar-refractivity contribution < 1.29 is 9.53 Å². The van der Waals surface area contributed by atoms with Crippen molar-refractivity contribution in [2.75, 3.05) is 25.1 Å². The predicted octanol–water partition coefficient (Wildman–Crippen LogP) is 1.90. The van der Waals surface area contributed by atoms with Gasteiger partial charge in [-0.3, -0.25) is 9.48 Å². The van der Waals surface area contributed by atoms with Crippen LogP contribution in [0.1, 0.15) is 29.0 Å². The van der Waals surface area contributed by atoms with Gasteiger partial charge in [-0.05, 0) is 18.9 Å². The van der Waals surface area contributed by atoms with Crippen LogP contribution in [0.3, 0.4) is 0 Å². The number of ether oxygens (including phenoxy) is 1. The molecule has 1 saturated heterocycles. The number of benzene rings is 1. The van der Waals surface area contributed by atoms with Crippen LogP contribution in [0.4, 0.5) is 5.82 Å². The third kappa shape index (κ3) is 3.42. The summed E-state index contributed by atoms with van der Waals surface area (Å²) >= 11 is 0. The van der Waals surface area contributed by atoms with E-state index in [4.69, 9.17) is 4.74 Å². The van der Waals surface area contributed by atoms with Crippen molar-refractivity contribution in [3.63, 3.8) is 0 Å². The number of rotatable bonds is 5. The van der Waals surface area contributed by atoms with Crippen LogP contribution in [-0.4, -0.2) is 45.9 Å². The Balaban J connectivity index is 1.61. The number of aryl methyl sites for hydroxylation is 1. The molecule has 3 aromatic rings. The number of fused-ring (bicyclic) bond motifs is 1. The number of aromatic nitrogens is 4. The van der Waals surface area contributed by atoms with Gasteiger partial charge in [-0.15, -0.1) is 0 Å². The van der Waals surface area contributed by atoms with E-state index >= 15 is 0 Å². The van der Waals surface area contributed by atoms with Crippen LogP contribution in [0.2, 0.25) is 0 Å². The second kappa shape index (κ2) is 7.22. The summed E-state index contributed by atoms with van der Waals surface area (Å²) in [7, 11) is 3.46. The average Bonchev–Trinajstić information content (AvgIpc) is 3.34. The average molecular weight is 366 g/mol. The fraction of sp³-hybridized carbons (Fsp3) is 0.368. The highest BCUT2D eigenvalue weighted by Crippen LogP contribution is 2.26. The molecule has 1 N–H and O–H groups in total. The van der Waals surface area contributed by atoms with Crippen molar-refractivity contribution >= 4 is 22.8 Å². The lowest BCUT2D eigenvalue weighted by Crippen LogP contribution is -2.27. The summed E-state index contributed by atoms with van der Waals surface area (Å²) in [6, 6.07) is 7.58. The Morgan fingerprint density at radius 3 is 2.78 bits per heavy atom. The van der Waals surface area contributed by atoms with E-state index in [0.29, 0.717) is 12.2 Å². The highest BCUT2D eigenvalue weighted by Gasteiger charge is 2.22. The molecule has 0 spiro atoms. The van der Waals surface area contributed by atoms with Gasteiger partial charge < -0.3 is 15.0 Å². The Kier molecular flexibility index (Phi) is 4.62. The van der Waals surface area contributed by atoms with E-state index < -0.39 is 0 Å². The van der Waals surface area contributed by atoms with Crippen molar-refractivity contribution in [1.29, 1.82) is 0 Å². The third-order valence-corrected chi connectivity index (χ3v) is 4.71. The number of anilines is 1. The third-order valence-electron chi connectivity index (χ3n) is 4.71. The molecule has 1 amide bonds. The van der Waals surface area contributed by atoms with E-state index in [1.165, 1.54) is 0 Å². The zero-order valence-corrected chi connectivity index (χ0v) is 15.5. The normalized spacial score (nSPS) is 13.9. The Bertz CT molecular complexity index is 977. The van der Waals surface area contributed by atoms with Crippen LogP contribution in [0.15, 0.2) is 30.5 Å². The van der Waals surface area contributed by atoms with E-state index in [2.05, 4.69) is 25.3 Å². The first-order valence-electron chi connectivity index (χ1n) is 9.02. The summed E-state index contributed by atoms with van der Waals surface area (Å²) in [5.41, 5.74) is 1.43. The number of nitrogens with zero attached hydrogens (tertiary/aromatic N) is 5. The molecule has 1 aromatic carbocycles. The van der Waals surface area contributed by atoms with Gasteiger partial charge in [-0.1, -0.05) is 18.2 Å². The topological polar surface area (TPSA) is 85.2 Å². The van der Waals surface area contributed by atoms with Crippen LogP contribution >= 0.6 is 0 Å². The SMILES string of the molecule is COc1ccccc1CNC(=O)c1nc(N2CCCC2)c2cn(C)nc2n1. The van der Waals surface area contributed by atoms with Crippen LogP contribution in [-0.2, 0) is 13.6 Å². The second-order valence-corrected chi connectivity index (χ2v) is 6.60. The summed E-state index contributed by atoms with van der Waals surface area (Å²) in [4.78, 5) is 23.8. The van der Waals surface area contributed by atoms with Gasteiger partial charge in [0.15, 0.2) is 5.65 Å². The molecular formula is C19H22N6O2. The van der Waals surface area contributed by atoms with Gasteiger partial charge in [0.05, 0.1) is 12.5 Å². The molecule has 140 valence electrons. The van der Waals surface area contributed by atoms with Gasteiger partial charge in [0.25, 0.3) is 5.91 Å². The minimum absolute atomic E-state index is 0.137. The summed E-state index contributed by atoms with van der Waals surface area (Å²) in [6.45, 7) is 2.21. The molecular weight excluding hydrogens is 344 g/mol. The molecule has 1 aliphatic rings. The molecule has 1 aliphatic heterocycles. The highest BCUT2D eigenvalue weighted by molar-refractivity contribution is 5.95. The number of carbonyl (C=O) groups excluding carboxylic acids is 1. The van der Waals surface area contributed by atoms with Crippen molar-refractivity contribution in [2.24, 2.45) is 7.05 Å². The van der Waals surface area contributed by atoms with E-state index in [1.54, 1.807) is 11.8 Å². The van der Waals surface area contributed by atoms with Crippen LogP contribution < -0.4 is 15.0 Å². The van der Waals surface area contributed by atoms with Crippen molar-refractivity contribution in [2.45, 2.75) is 19.4 Å². The first kappa shape index (κ1) is 17.3. The van der Waals surface area contributed by atoms with Gasteiger partial charge in [0.2, 0.25) is 5.82 Å². The summed E-state index contributed by atoms with van der Waals surface area (Å²) in [5.74, 6) is 1.33. The molecule has 3 heterocycles.